The van der Waals surface area contributed by atoms with Crippen molar-refractivity contribution >= 4 is 28.6 Å². The molecule has 64 valence electrons. The summed E-state index contributed by atoms with van der Waals surface area (Å²) in [6.45, 7) is 0. The Hall–Kier alpha value is -1.48. The van der Waals surface area contributed by atoms with Gasteiger partial charge in [-0.25, -0.2) is 0 Å². The molecule has 2 aromatic rings. The molecule has 0 aliphatic heterocycles. The summed E-state index contributed by atoms with van der Waals surface area (Å²) in [5, 5.41) is 1.94. The minimum atomic E-state index is -0.0575. The highest BCUT2D eigenvalue weighted by Gasteiger charge is 2.00. The highest BCUT2D eigenvalue weighted by Crippen LogP contribution is 2.10. The van der Waals surface area contributed by atoms with Crippen molar-refractivity contribution in [1.82, 2.24) is 0 Å². The highest BCUT2D eigenvalue weighted by atomic mass is 32.1. The Morgan fingerprint density at radius 3 is 2.85 bits per heavy atom. The van der Waals surface area contributed by atoms with Gasteiger partial charge in [0, 0.05) is 11.4 Å². The molecule has 0 amide bonds. The molecular formula is C10H6O2S. The summed E-state index contributed by atoms with van der Waals surface area (Å²) in [6.07, 6.45) is 0. The Morgan fingerprint density at radius 2 is 2.08 bits per heavy atom. The summed E-state index contributed by atoms with van der Waals surface area (Å²) in [4.78, 5) is 11.4. The van der Waals surface area contributed by atoms with E-state index in [1.807, 2.05) is 6.07 Å². The Kier molecular flexibility index (Phi) is 1.94. The van der Waals surface area contributed by atoms with Crippen LogP contribution >= 0.6 is 12.2 Å². The second-order valence-electron chi connectivity index (χ2n) is 2.63. The normalized spacial score (nSPS) is 10.2. The minimum absolute atomic E-state index is 0.0575. The van der Waals surface area contributed by atoms with Crippen LogP contribution in [0.1, 0.15) is 5.76 Å². The molecule has 0 spiro atoms. The molecule has 2 rings (SSSR count). The number of hydrogen-bond donors (Lipinski definition) is 0. The molecule has 1 heterocycles. The molecule has 0 aliphatic rings. The Labute approximate surface area is 79.8 Å². The molecule has 1 aromatic carbocycles. The van der Waals surface area contributed by atoms with Gasteiger partial charge in [0.1, 0.15) is 11.3 Å². The summed E-state index contributed by atoms with van der Waals surface area (Å²) < 4.78 is 5.33. The van der Waals surface area contributed by atoms with Gasteiger partial charge >= 0.3 is 0 Å². The molecule has 0 aliphatic carbocycles. The van der Waals surface area contributed by atoms with Crippen LogP contribution in [0.3, 0.4) is 0 Å². The van der Waals surface area contributed by atoms with Crippen LogP contribution in [0.4, 0.5) is 0 Å². The maximum absolute atomic E-state index is 11.4. The number of rotatable bonds is 1. The molecule has 0 atom stereocenters. The molecule has 0 radical (unpaired) electrons. The van der Waals surface area contributed by atoms with Crippen molar-refractivity contribution in [2.24, 2.45) is 0 Å². The fourth-order valence-corrected chi connectivity index (χ4v) is 1.30. The van der Waals surface area contributed by atoms with Crippen molar-refractivity contribution in [2.45, 2.75) is 0 Å². The SMILES string of the molecule is O=c1cc(C=S)oc2ccccc12. The van der Waals surface area contributed by atoms with Crippen molar-refractivity contribution in [2.75, 3.05) is 0 Å². The van der Waals surface area contributed by atoms with Gasteiger partial charge in [0.15, 0.2) is 5.43 Å². The summed E-state index contributed by atoms with van der Waals surface area (Å²) in [5.74, 6) is 0.429. The number of thiocarbonyl (C=S) groups is 1. The van der Waals surface area contributed by atoms with Crippen LogP contribution in [0, 0.1) is 0 Å². The first kappa shape index (κ1) is 8.13. The summed E-state index contributed by atoms with van der Waals surface area (Å²) in [6, 6.07) is 8.50. The van der Waals surface area contributed by atoms with Crippen LogP contribution in [-0.4, -0.2) is 5.37 Å². The van der Waals surface area contributed by atoms with E-state index in [1.54, 1.807) is 18.2 Å². The van der Waals surface area contributed by atoms with E-state index >= 15 is 0 Å². The predicted octanol–water partition coefficient (Wildman–Crippen LogP) is 2.14. The average Bonchev–Trinajstić information content (AvgIpc) is 2.18. The van der Waals surface area contributed by atoms with Gasteiger partial charge in [0.25, 0.3) is 0 Å². The van der Waals surface area contributed by atoms with Crippen LogP contribution in [0.5, 0.6) is 0 Å². The Balaban J connectivity index is 2.92. The van der Waals surface area contributed by atoms with E-state index in [2.05, 4.69) is 12.2 Å². The fraction of sp³-hybridized carbons (Fsp3) is 0. The van der Waals surface area contributed by atoms with E-state index in [0.717, 1.165) is 0 Å². The van der Waals surface area contributed by atoms with Crippen LogP contribution in [-0.2, 0) is 0 Å². The van der Waals surface area contributed by atoms with Crippen LogP contribution < -0.4 is 5.43 Å². The van der Waals surface area contributed by atoms with Crippen molar-refractivity contribution < 1.29 is 4.42 Å². The van der Waals surface area contributed by atoms with E-state index in [9.17, 15) is 4.79 Å². The van der Waals surface area contributed by atoms with E-state index in [1.165, 1.54) is 11.4 Å². The first-order valence-corrected chi connectivity index (χ1v) is 4.26. The molecule has 0 fully saturated rings. The van der Waals surface area contributed by atoms with Crippen molar-refractivity contribution in [3.05, 3.63) is 46.3 Å². The molecule has 3 heteroatoms. The first-order valence-electron chi connectivity index (χ1n) is 3.79. The molecule has 1 aromatic heterocycles. The van der Waals surface area contributed by atoms with Gasteiger partial charge in [0.2, 0.25) is 0 Å². The Bertz CT molecular complexity index is 514. The number of fused-ring (bicyclic) bond motifs is 1. The summed E-state index contributed by atoms with van der Waals surface area (Å²) >= 11 is 4.68. The van der Waals surface area contributed by atoms with Gasteiger partial charge in [-0.2, -0.15) is 0 Å². The smallest absolute Gasteiger partial charge is 0.193 e. The number of hydrogen-bond acceptors (Lipinski definition) is 3. The quantitative estimate of drug-likeness (QED) is 0.645. The van der Waals surface area contributed by atoms with E-state index in [-0.39, 0.29) is 5.43 Å². The van der Waals surface area contributed by atoms with Gasteiger partial charge in [0.05, 0.1) is 5.39 Å². The maximum Gasteiger partial charge on any atom is 0.193 e. The third-order valence-corrected chi connectivity index (χ3v) is 2.00. The second-order valence-corrected chi connectivity index (χ2v) is 2.86. The molecule has 0 saturated heterocycles. The molecule has 0 bridgehead atoms. The van der Waals surface area contributed by atoms with E-state index < -0.39 is 0 Å². The standard InChI is InChI=1S/C10H6O2S/c11-9-5-7(6-13)12-10-4-2-1-3-8(9)10/h1-6H. The zero-order valence-electron chi connectivity index (χ0n) is 6.69. The lowest BCUT2D eigenvalue weighted by Crippen LogP contribution is -2.00. The summed E-state index contributed by atoms with van der Waals surface area (Å²) in [7, 11) is 0. The van der Waals surface area contributed by atoms with E-state index in [4.69, 9.17) is 4.42 Å². The molecular weight excluding hydrogens is 184 g/mol. The third-order valence-electron chi connectivity index (χ3n) is 1.77. The predicted molar refractivity (Wildman–Crippen MR) is 55.2 cm³/mol. The van der Waals surface area contributed by atoms with Gasteiger partial charge < -0.3 is 4.42 Å². The van der Waals surface area contributed by atoms with Gasteiger partial charge in [-0.15, -0.1) is 0 Å². The van der Waals surface area contributed by atoms with Crippen LogP contribution in [0.15, 0.2) is 39.5 Å². The maximum atomic E-state index is 11.4. The summed E-state index contributed by atoms with van der Waals surface area (Å²) in [5.41, 5.74) is 0.518. The first-order chi connectivity index (χ1) is 6.31. The van der Waals surface area contributed by atoms with Crippen molar-refractivity contribution in [1.29, 1.82) is 0 Å². The topological polar surface area (TPSA) is 30.2 Å². The lowest BCUT2D eigenvalue weighted by molar-refractivity contribution is 0.596. The monoisotopic (exact) mass is 190 g/mol. The lowest BCUT2D eigenvalue weighted by atomic mass is 10.2. The number of para-hydroxylation sites is 1. The Morgan fingerprint density at radius 1 is 1.31 bits per heavy atom. The fourth-order valence-electron chi connectivity index (χ4n) is 1.18. The van der Waals surface area contributed by atoms with Crippen LogP contribution in [0.25, 0.3) is 11.0 Å². The third kappa shape index (κ3) is 1.38. The average molecular weight is 190 g/mol. The largest absolute Gasteiger partial charge is 0.456 e. The zero-order chi connectivity index (χ0) is 9.26. The molecule has 0 saturated carbocycles. The molecule has 0 unspecified atom stereocenters. The highest BCUT2D eigenvalue weighted by molar-refractivity contribution is 7.79. The lowest BCUT2D eigenvalue weighted by Gasteiger charge is -1.96. The van der Waals surface area contributed by atoms with E-state index in [0.29, 0.717) is 16.7 Å². The van der Waals surface area contributed by atoms with Gasteiger partial charge in [-0.05, 0) is 12.1 Å². The van der Waals surface area contributed by atoms with Crippen molar-refractivity contribution in [3.63, 3.8) is 0 Å². The molecule has 2 nitrogen and oxygen atoms in total. The van der Waals surface area contributed by atoms with Crippen LogP contribution in [0.2, 0.25) is 0 Å². The molecule has 0 N–H and O–H groups in total. The second kappa shape index (κ2) is 3.11. The van der Waals surface area contributed by atoms with Gasteiger partial charge in [-0.3, -0.25) is 4.79 Å². The number of benzene rings is 1. The zero-order valence-corrected chi connectivity index (χ0v) is 7.51. The minimum Gasteiger partial charge on any atom is -0.456 e. The van der Waals surface area contributed by atoms with Crippen molar-refractivity contribution in [3.8, 4) is 0 Å². The van der Waals surface area contributed by atoms with Gasteiger partial charge in [-0.1, -0.05) is 24.4 Å². The molecule has 13 heavy (non-hydrogen) atoms.